The normalized spacial score (nSPS) is 14.3. The molecule has 0 radical (unpaired) electrons. The first kappa shape index (κ1) is 15.2. The summed E-state index contributed by atoms with van der Waals surface area (Å²) in [6.45, 7) is 1.41. The molecule has 0 spiro atoms. The van der Waals surface area contributed by atoms with Gasteiger partial charge in [-0.25, -0.2) is 0 Å². The minimum atomic E-state index is -0.965. The number of carbonyl (C=O) groups excluding carboxylic acids is 3. The van der Waals surface area contributed by atoms with Crippen molar-refractivity contribution in [1.29, 1.82) is 0 Å². The second kappa shape index (κ2) is 6.52. The molecule has 1 aromatic carbocycles. The van der Waals surface area contributed by atoms with Crippen LogP contribution in [0.4, 0.5) is 0 Å². The molecule has 0 unspecified atom stereocenters. The Morgan fingerprint density at radius 2 is 1.90 bits per heavy atom. The molecular formula is C16H19NO4. The van der Waals surface area contributed by atoms with E-state index in [-0.39, 0.29) is 18.6 Å². The summed E-state index contributed by atoms with van der Waals surface area (Å²) >= 11 is 0. The van der Waals surface area contributed by atoms with Crippen LogP contribution in [-0.4, -0.2) is 23.8 Å². The molecule has 1 amide bonds. The van der Waals surface area contributed by atoms with Crippen LogP contribution in [0.5, 0.6) is 0 Å². The Hall–Kier alpha value is -2.17. The van der Waals surface area contributed by atoms with Crippen LogP contribution in [-0.2, 0) is 27.2 Å². The van der Waals surface area contributed by atoms with Crippen molar-refractivity contribution in [3.05, 3.63) is 34.9 Å². The van der Waals surface area contributed by atoms with Crippen LogP contribution in [0, 0.1) is 0 Å². The lowest BCUT2D eigenvalue weighted by Gasteiger charge is -2.09. The van der Waals surface area contributed by atoms with Crippen molar-refractivity contribution in [2.45, 2.75) is 45.1 Å². The van der Waals surface area contributed by atoms with Gasteiger partial charge < -0.3 is 10.5 Å². The largest absolute Gasteiger partial charge is 0.453 e. The van der Waals surface area contributed by atoms with Crippen molar-refractivity contribution in [3.8, 4) is 0 Å². The smallest absolute Gasteiger partial charge is 0.307 e. The minimum absolute atomic E-state index is 0.0481. The number of nitrogens with two attached hydrogens (primary N) is 1. The SMILES string of the molecule is C[C@@H](OC(=O)CCC(=O)c1ccc2c(c1)CCC2)C(N)=O. The molecule has 21 heavy (non-hydrogen) atoms. The fraction of sp³-hybridized carbons (Fsp3) is 0.438. The molecule has 0 aromatic heterocycles. The molecular weight excluding hydrogens is 270 g/mol. The first-order valence-electron chi connectivity index (χ1n) is 7.11. The van der Waals surface area contributed by atoms with E-state index in [2.05, 4.69) is 0 Å². The Labute approximate surface area is 123 Å². The van der Waals surface area contributed by atoms with Crippen molar-refractivity contribution >= 4 is 17.7 Å². The van der Waals surface area contributed by atoms with Crippen molar-refractivity contribution in [1.82, 2.24) is 0 Å². The van der Waals surface area contributed by atoms with Gasteiger partial charge >= 0.3 is 5.97 Å². The molecule has 1 aliphatic rings. The number of amides is 1. The number of benzene rings is 1. The van der Waals surface area contributed by atoms with Crippen LogP contribution in [0.15, 0.2) is 18.2 Å². The third kappa shape index (κ3) is 3.90. The van der Waals surface area contributed by atoms with Crippen molar-refractivity contribution in [3.63, 3.8) is 0 Å². The molecule has 0 saturated heterocycles. The van der Waals surface area contributed by atoms with Gasteiger partial charge in [-0.15, -0.1) is 0 Å². The first-order chi connectivity index (χ1) is 9.97. The number of esters is 1. The number of ketones is 1. The molecule has 0 aliphatic heterocycles. The van der Waals surface area contributed by atoms with E-state index in [0.717, 1.165) is 19.3 Å². The van der Waals surface area contributed by atoms with Crippen LogP contribution >= 0.6 is 0 Å². The average Bonchev–Trinajstić information content (AvgIpc) is 2.91. The highest BCUT2D eigenvalue weighted by molar-refractivity contribution is 5.98. The predicted octanol–water partition coefficient (Wildman–Crippen LogP) is 1.56. The zero-order valence-electron chi connectivity index (χ0n) is 12.1. The van der Waals surface area contributed by atoms with Gasteiger partial charge in [0.25, 0.3) is 5.91 Å². The van der Waals surface area contributed by atoms with Crippen LogP contribution in [0.3, 0.4) is 0 Å². The highest BCUT2D eigenvalue weighted by atomic mass is 16.5. The number of fused-ring (bicyclic) bond motifs is 1. The maximum Gasteiger partial charge on any atom is 0.307 e. The summed E-state index contributed by atoms with van der Waals surface area (Å²) in [5.41, 5.74) is 8.17. The number of hydrogen-bond acceptors (Lipinski definition) is 4. The molecule has 1 aliphatic carbocycles. The summed E-state index contributed by atoms with van der Waals surface area (Å²) in [7, 11) is 0. The summed E-state index contributed by atoms with van der Waals surface area (Å²) in [4.78, 5) is 34.3. The average molecular weight is 289 g/mol. The van der Waals surface area contributed by atoms with E-state index in [9.17, 15) is 14.4 Å². The van der Waals surface area contributed by atoms with E-state index in [4.69, 9.17) is 10.5 Å². The Kier molecular flexibility index (Phi) is 4.73. The number of ether oxygens (including phenoxy) is 1. The Morgan fingerprint density at radius 1 is 1.19 bits per heavy atom. The number of primary amides is 1. The second-order valence-electron chi connectivity index (χ2n) is 5.29. The van der Waals surface area contributed by atoms with Gasteiger partial charge in [0.2, 0.25) is 0 Å². The van der Waals surface area contributed by atoms with Gasteiger partial charge in [0.05, 0.1) is 6.42 Å². The molecule has 0 bridgehead atoms. The summed E-state index contributed by atoms with van der Waals surface area (Å²) in [5, 5.41) is 0. The van der Waals surface area contributed by atoms with Crippen LogP contribution in [0.25, 0.3) is 0 Å². The molecule has 112 valence electrons. The summed E-state index contributed by atoms with van der Waals surface area (Å²) in [6, 6.07) is 5.72. The number of carbonyl (C=O) groups is 3. The van der Waals surface area contributed by atoms with Gasteiger partial charge in [-0.2, -0.15) is 0 Å². The molecule has 2 rings (SSSR count). The van der Waals surface area contributed by atoms with Crippen LogP contribution < -0.4 is 5.73 Å². The van der Waals surface area contributed by atoms with E-state index in [1.807, 2.05) is 18.2 Å². The Bertz CT molecular complexity index is 580. The molecule has 5 nitrogen and oxygen atoms in total. The topological polar surface area (TPSA) is 86.5 Å². The number of hydrogen-bond donors (Lipinski definition) is 1. The molecule has 0 heterocycles. The molecule has 5 heteroatoms. The Balaban J connectivity index is 1.87. The maximum atomic E-state index is 12.1. The lowest BCUT2D eigenvalue weighted by atomic mass is 10.0. The summed E-state index contributed by atoms with van der Waals surface area (Å²) in [6.07, 6.45) is 2.27. The molecule has 1 atom stereocenters. The monoisotopic (exact) mass is 289 g/mol. The number of rotatable bonds is 6. The third-order valence-corrected chi connectivity index (χ3v) is 3.69. The van der Waals surface area contributed by atoms with Gasteiger partial charge in [-0.05, 0) is 43.4 Å². The van der Waals surface area contributed by atoms with Crippen molar-refractivity contribution in [2.24, 2.45) is 5.73 Å². The van der Waals surface area contributed by atoms with E-state index in [1.54, 1.807) is 0 Å². The van der Waals surface area contributed by atoms with Gasteiger partial charge in [0.1, 0.15) is 0 Å². The minimum Gasteiger partial charge on any atom is -0.453 e. The van der Waals surface area contributed by atoms with E-state index in [0.29, 0.717) is 5.56 Å². The molecule has 2 N–H and O–H groups in total. The zero-order valence-corrected chi connectivity index (χ0v) is 12.1. The zero-order chi connectivity index (χ0) is 15.4. The van der Waals surface area contributed by atoms with Crippen LogP contribution in [0.2, 0.25) is 0 Å². The van der Waals surface area contributed by atoms with Gasteiger partial charge in [0, 0.05) is 12.0 Å². The second-order valence-corrected chi connectivity index (χ2v) is 5.29. The van der Waals surface area contributed by atoms with Gasteiger partial charge in [-0.3, -0.25) is 14.4 Å². The molecule has 1 aromatic rings. The van der Waals surface area contributed by atoms with Crippen molar-refractivity contribution in [2.75, 3.05) is 0 Å². The van der Waals surface area contributed by atoms with E-state index < -0.39 is 18.0 Å². The summed E-state index contributed by atoms with van der Waals surface area (Å²) in [5.74, 6) is -1.38. The first-order valence-corrected chi connectivity index (χ1v) is 7.11. The van der Waals surface area contributed by atoms with Gasteiger partial charge in [-0.1, -0.05) is 12.1 Å². The molecule has 0 fully saturated rings. The van der Waals surface area contributed by atoms with Crippen LogP contribution in [0.1, 0.15) is 47.7 Å². The highest BCUT2D eigenvalue weighted by Gasteiger charge is 2.17. The predicted molar refractivity (Wildman–Crippen MR) is 76.8 cm³/mol. The lowest BCUT2D eigenvalue weighted by Crippen LogP contribution is -2.30. The third-order valence-electron chi connectivity index (χ3n) is 3.69. The fourth-order valence-corrected chi connectivity index (χ4v) is 2.42. The number of aryl methyl sites for hydroxylation is 2. The molecule has 0 saturated carbocycles. The quantitative estimate of drug-likeness (QED) is 0.636. The Morgan fingerprint density at radius 3 is 2.62 bits per heavy atom. The van der Waals surface area contributed by atoms with Gasteiger partial charge in [0.15, 0.2) is 11.9 Å². The standard InChI is InChI=1S/C16H19NO4/c1-10(16(17)20)21-15(19)8-7-14(18)13-6-5-11-3-2-4-12(11)9-13/h5-6,9-10H,2-4,7-8H2,1H3,(H2,17,20)/t10-/m1/s1. The van der Waals surface area contributed by atoms with Crippen molar-refractivity contribution < 1.29 is 19.1 Å². The van der Waals surface area contributed by atoms with E-state index >= 15 is 0 Å². The maximum absolute atomic E-state index is 12.1. The highest BCUT2D eigenvalue weighted by Crippen LogP contribution is 2.23. The lowest BCUT2D eigenvalue weighted by molar-refractivity contribution is -0.153. The fourth-order valence-electron chi connectivity index (χ4n) is 2.42. The number of Topliss-reactive ketones (excluding diaryl/α,β-unsaturated/α-hetero) is 1. The van der Waals surface area contributed by atoms with E-state index in [1.165, 1.54) is 18.1 Å². The summed E-state index contributed by atoms with van der Waals surface area (Å²) < 4.78 is 4.81.